The van der Waals surface area contributed by atoms with Crippen LogP contribution < -0.4 is 5.73 Å². The monoisotopic (exact) mass is 237 g/mol. The molecule has 6 nitrogen and oxygen atoms in total. The van der Waals surface area contributed by atoms with Gasteiger partial charge in [-0.3, -0.25) is 0 Å². The van der Waals surface area contributed by atoms with Gasteiger partial charge in [0.05, 0.1) is 4.88 Å². The molecule has 0 aliphatic heterocycles. The van der Waals surface area contributed by atoms with E-state index in [1.165, 1.54) is 12.3 Å². The minimum atomic E-state index is -0.567. The van der Waals surface area contributed by atoms with Crippen LogP contribution in [0.15, 0.2) is 24.4 Å². The van der Waals surface area contributed by atoms with Crippen molar-refractivity contribution in [3.63, 3.8) is 0 Å². The number of aromatic hydroxyl groups is 1. The normalized spacial score (nSPS) is 10.2. The summed E-state index contributed by atoms with van der Waals surface area (Å²) in [6, 6.07) is 4.60. The van der Waals surface area contributed by atoms with Crippen LogP contribution >= 0.6 is 11.3 Å². The molecule has 3 N–H and O–H groups in total. The average molecular weight is 237 g/mol. The number of thiazole rings is 1. The lowest BCUT2D eigenvalue weighted by Crippen LogP contribution is -1.84. The van der Waals surface area contributed by atoms with Crippen molar-refractivity contribution in [3.05, 3.63) is 34.5 Å². The van der Waals surface area contributed by atoms with Crippen molar-refractivity contribution in [2.75, 3.05) is 5.73 Å². The number of anilines is 1. The number of aromatic nitrogens is 1. The minimum absolute atomic E-state index is 0.0152. The molecule has 1 aromatic heterocycles. The van der Waals surface area contributed by atoms with Crippen molar-refractivity contribution in [1.29, 1.82) is 0 Å². The maximum atomic E-state index is 10.5. The quantitative estimate of drug-likeness (QED) is 0.472. The molecule has 0 saturated heterocycles. The third-order valence-corrected chi connectivity index (χ3v) is 2.92. The molecule has 0 spiro atoms. The number of nitrogens with two attached hydrogens (primary N) is 1. The van der Waals surface area contributed by atoms with Crippen LogP contribution in [0.5, 0.6) is 5.75 Å². The lowest BCUT2D eigenvalue weighted by atomic mass is 10.1. The highest BCUT2D eigenvalue weighted by atomic mass is 32.1. The van der Waals surface area contributed by atoms with Gasteiger partial charge in [0.15, 0.2) is 6.20 Å². The SMILES string of the molecule is Nc1ccc(-c2cnc([N+](=O)[O-])s2)c(O)c1. The molecular formula is C9H7N3O3S. The van der Waals surface area contributed by atoms with Crippen molar-refractivity contribution in [2.24, 2.45) is 0 Å². The van der Waals surface area contributed by atoms with Crippen LogP contribution in [-0.4, -0.2) is 15.0 Å². The zero-order chi connectivity index (χ0) is 11.7. The zero-order valence-corrected chi connectivity index (χ0v) is 8.77. The van der Waals surface area contributed by atoms with E-state index in [-0.39, 0.29) is 10.9 Å². The van der Waals surface area contributed by atoms with E-state index in [0.717, 1.165) is 11.3 Å². The average Bonchev–Trinajstić information content (AvgIpc) is 2.66. The smallest absolute Gasteiger partial charge is 0.423 e. The molecule has 82 valence electrons. The Morgan fingerprint density at radius 1 is 1.50 bits per heavy atom. The van der Waals surface area contributed by atoms with Gasteiger partial charge in [0, 0.05) is 17.3 Å². The molecule has 0 saturated carbocycles. The van der Waals surface area contributed by atoms with Crippen LogP contribution in [-0.2, 0) is 0 Å². The second kappa shape index (κ2) is 3.78. The van der Waals surface area contributed by atoms with Gasteiger partial charge >= 0.3 is 5.13 Å². The minimum Gasteiger partial charge on any atom is -0.507 e. The van der Waals surface area contributed by atoms with E-state index < -0.39 is 4.92 Å². The van der Waals surface area contributed by atoms with Gasteiger partial charge < -0.3 is 21.0 Å². The largest absolute Gasteiger partial charge is 0.507 e. The van der Waals surface area contributed by atoms with Gasteiger partial charge in [-0.25, -0.2) is 0 Å². The van der Waals surface area contributed by atoms with Gasteiger partial charge in [0.25, 0.3) is 0 Å². The lowest BCUT2D eigenvalue weighted by molar-refractivity contribution is -0.384. The Bertz CT molecular complexity index is 553. The first-order valence-electron chi connectivity index (χ1n) is 4.27. The van der Waals surface area contributed by atoms with E-state index in [1.54, 1.807) is 12.1 Å². The molecule has 1 aromatic carbocycles. The Labute approximate surface area is 94.1 Å². The Kier molecular flexibility index (Phi) is 2.45. The summed E-state index contributed by atoms with van der Waals surface area (Å²) in [6.07, 6.45) is 1.36. The highest BCUT2D eigenvalue weighted by Gasteiger charge is 2.16. The zero-order valence-electron chi connectivity index (χ0n) is 7.95. The third kappa shape index (κ3) is 1.80. The van der Waals surface area contributed by atoms with Gasteiger partial charge in [0.1, 0.15) is 5.75 Å². The molecule has 1 heterocycles. The molecule has 2 aromatic rings. The first kappa shape index (κ1) is 10.4. The fourth-order valence-electron chi connectivity index (χ4n) is 1.23. The van der Waals surface area contributed by atoms with Crippen molar-refractivity contribution in [3.8, 4) is 16.2 Å². The standard InChI is InChI=1S/C9H7N3O3S/c10-5-1-2-6(7(13)3-5)8-4-11-9(16-8)12(14)15/h1-4,13H,10H2. The highest BCUT2D eigenvalue weighted by molar-refractivity contribution is 7.18. The number of rotatable bonds is 2. The highest BCUT2D eigenvalue weighted by Crippen LogP contribution is 2.36. The predicted molar refractivity (Wildman–Crippen MR) is 60.3 cm³/mol. The molecule has 0 atom stereocenters. The Morgan fingerprint density at radius 3 is 2.81 bits per heavy atom. The number of phenols is 1. The number of phenolic OH excluding ortho intramolecular Hbond substituents is 1. The van der Waals surface area contributed by atoms with E-state index >= 15 is 0 Å². The van der Waals surface area contributed by atoms with Crippen LogP contribution in [0.4, 0.5) is 10.8 Å². The second-order valence-corrected chi connectivity index (χ2v) is 4.05. The number of nitrogen functional groups attached to an aromatic ring is 1. The molecule has 7 heteroatoms. The lowest BCUT2D eigenvalue weighted by Gasteiger charge is -2.00. The molecule has 2 rings (SSSR count). The van der Waals surface area contributed by atoms with Crippen LogP contribution in [0.3, 0.4) is 0 Å². The predicted octanol–water partition coefficient (Wildman–Crippen LogP) is 2.01. The van der Waals surface area contributed by atoms with Crippen molar-refractivity contribution in [2.45, 2.75) is 0 Å². The fraction of sp³-hybridized carbons (Fsp3) is 0. The molecule has 0 fully saturated rings. The van der Waals surface area contributed by atoms with Crippen LogP contribution in [0.2, 0.25) is 0 Å². The first-order valence-corrected chi connectivity index (χ1v) is 5.08. The Balaban J connectivity index is 2.46. The van der Waals surface area contributed by atoms with Gasteiger partial charge in [-0.1, -0.05) is 0 Å². The maximum Gasteiger partial charge on any atom is 0.423 e. The molecule has 0 radical (unpaired) electrons. The molecule has 0 unspecified atom stereocenters. The third-order valence-electron chi connectivity index (χ3n) is 1.94. The number of nitrogens with zero attached hydrogens (tertiary/aromatic N) is 2. The van der Waals surface area contributed by atoms with Crippen LogP contribution in [0.1, 0.15) is 0 Å². The Morgan fingerprint density at radius 2 is 2.25 bits per heavy atom. The summed E-state index contributed by atoms with van der Waals surface area (Å²) in [6.45, 7) is 0. The second-order valence-electron chi connectivity index (χ2n) is 3.04. The summed E-state index contributed by atoms with van der Waals surface area (Å²) in [4.78, 5) is 14.1. The van der Waals surface area contributed by atoms with Crippen molar-refractivity contribution < 1.29 is 10.0 Å². The van der Waals surface area contributed by atoms with Crippen molar-refractivity contribution in [1.82, 2.24) is 4.98 Å². The van der Waals surface area contributed by atoms with Gasteiger partial charge in [0.2, 0.25) is 0 Å². The van der Waals surface area contributed by atoms with Crippen LogP contribution in [0.25, 0.3) is 10.4 Å². The van der Waals surface area contributed by atoms with Gasteiger partial charge in [-0.05, 0) is 33.4 Å². The summed E-state index contributed by atoms with van der Waals surface area (Å²) in [5, 5.41) is 19.9. The first-order chi connectivity index (χ1) is 7.58. The number of hydrogen-bond acceptors (Lipinski definition) is 6. The summed E-state index contributed by atoms with van der Waals surface area (Å²) in [7, 11) is 0. The molecule has 0 bridgehead atoms. The van der Waals surface area contributed by atoms with E-state index in [4.69, 9.17) is 5.73 Å². The summed E-state index contributed by atoms with van der Waals surface area (Å²) in [5.74, 6) is -0.0152. The van der Waals surface area contributed by atoms with Crippen molar-refractivity contribution >= 4 is 22.2 Å². The molecule has 0 amide bonds. The summed E-state index contributed by atoms with van der Waals surface area (Å²) >= 11 is 0.903. The van der Waals surface area contributed by atoms with Gasteiger partial charge in [-0.2, -0.15) is 0 Å². The maximum absolute atomic E-state index is 10.5. The number of nitro groups is 1. The molecular weight excluding hydrogens is 230 g/mol. The fourth-order valence-corrected chi connectivity index (χ4v) is 2.00. The van der Waals surface area contributed by atoms with E-state index in [0.29, 0.717) is 16.1 Å². The van der Waals surface area contributed by atoms with E-state index in [2.05, 4.69) is 4.98 Å². The topological polar surface area (TPSA) is 102 Å². The summed E-state index contributed by atoms with van der Waals surface area (Å²) in [5.41, 5.74) is 6.40. The Hall–Kier alpha value is -2.15. The number of benzene rings is 1. The number of hydrogen-bond donors (Lipinski definition) is 2. The van der Waals surface area contributed by atoms with Crippen LogP contribution in [0, 0.1) is 10.1 Å². The van der Waals surface area contributed by atoms with E-state index in [9.17, 15) is 15.2 Å². The molecule has 16 heavy (non-hydrogen) atoms. The molecule has 0 aliphatic rings. The molecule has 0 aliphatic carbocycles. The van der Waals surface area contributed by atoms with Gasteiger partial charge in [-0.15, -0.1) is 0 Å². The van der Waals surface area contributed by atoms with E-state index in [1.807, 2.05) is 0 Å². The summed E-state index contributed by atoms with van der Waals surface area (Å²) < 4.78 is 0.